The first-order valence-electron chi connectivity index (χ1n) is 8.25. The monoisotopic (exact) mass is 406 g/mol. The van der Waals surface area contributed by atoms with Gasteiger partial charge in [-0.15, -0.1) is 11.8 Å². The summed E-state index contributed by atoms with van der Waals surface area (Å²) in [6.45, 7) is -0.511. The van der Waals surface area contributed by atoms with Crippen LogP contribution in [-0.2, 0) is 14.3 Å². The number of hydrogen-bond donors (Lipinski definition) is 2. The fourth-order valence-corrected chi connectivity index (χ4v) is 2.81. The molecule has 2 rings (SSSR count). The highest BCUT2D eigenvalue weighted by molar-refractivity contribution is 7.99. The number of hydrogen-bond acceptors (Lipinski definition) is 6. The smallest absolute Gasteiger partial charge is 0.307 e. The Balaban J connectivity index is 1.62. The van der Waals surface area contributed by atoms with E-state index in [0.29, 0.717) is 17.1 Å². The third kappa shape index (κ3) is 7.28. The molecule has 0 fully saturated rings. The number of carbonyl (C=O) groups is 3. The number of ether oxygens (including phenoxy) is 2. The maximum absolute atomic E-state index is 12.8. The molecule has 0 spiro atoms. The Hall–Kier alpha value is -3.07. The van der Waals surface area contributed by atoms with Crippen LogP contribution in [0.2, 0.25) is 0 Å². The number of amides is 2. The van der Waals surface area contributed by atoms with Crippen LogP contribution in [0.25, 0.3) is 0 Å². The number of hydrazine groups is 1. The van der Waals surface area contributed by atoms with Crippen LogP contribution in [0.15, 0.2) is 53.4 Å². The van der Waals surface area contributed by atoms with Crippen LogP contribution in [0.5, 0.6) is 5.75 Å². The van der Waals surface area contributed by atoms with E-state index in [0.717, 1.165) is 4.90 Å². The highest BCUT2D eigenvalue weighted by Crippen LogP contribution is 2.18. The molecule has 0 bridgehead atoms. The summed E-state index contributed by atoms with van der Waals surface area (Å²) >= 11 is 1.37. The molecule has 0 saturated heterocycles. The summed E-state index contributed by atoms with van der Waals surface area (Å²) in [5, 5.41) is 0. The molecule has 9 heteroatoms. The van der Waals surface area contributed by atoms with Gasteiger partial charge in [-0.25, -0.2) is 4.39 Å². The summed E-state index contributed by atoms with van der Waals surface area (Å²) in [4.78, 5) is 36.0. The second-order valence-corrected chi connectivity index (χ2v) is 6.61. The molecule has 0 aliphatic rings. The zero-order valence-electron chi connectivity index (χ0n) is 15.1. The molecule has 0 atom stereocenters. The predicted molar refractivity (Wildman–Crippen MR) is 101 cm³/mol. The third-order valence-electron chi connectivity index (χ3n) is 3.42. The van der Waals surface area contributed by atoms with Crippen molar-refractivity contribution in [2.24, 2.45) is 0 Å². The van der Waals surface area contributed by atoms with Gasteiger partial charge in [-0.2, -0.15) is 0 Å². The lowest BCUT2D eigenvalue weighted by Gasteiger charge is -2.08. The second-order valence-electron chi connectivity index (χ2n) is 5.44. The van der Waals surface area contributed by atoms with Crippen molar-refractivity contribution < 1.29 is 28.2 Å². The van der Waals surface area contributed by atoms with E-state index in [1.807, 2.05) is 0 Å². The number of rotatable bonds is 8. The SMILES string of the molecule is COc1ccc(C(=O)NNC(=O)COC(=O)CCSc2ccc(F)cc2)cc1. The molecule has 0 saturated carbocycles. The van der Waals surface area contributed by atoms with Gasteiger partial charge in [0.1, 0.15) is 11.6 Å². The van der Waals surface area contributed by atoms with Gasteiger partial charge >= 0.3 is 5.97 Å². The molecule has 0 aromatic heterocycles. The molecule has 0 aliphatic carbocycles. The van der Waals surface area contributed by atoms with Crippen molar-refractivity contribution in [2.75, 3.05) is 19.5 Å². The maximum atomic E-state index is 12.8. The summed E-state index contributed by atoms with van der Waals surface area (Å²) in [5.74, 6) is -1.02. The van der Waals surface area contributed by atoms with E-state index in [1.54, 1.807) is 36.4 Å². The highest BCUT2D eigenvalue weighted by Gasteiger charge is 2.10. The lowest BCUT2D eigenvalue weighted by atomic mass is 10.2. The van der Waals surface area contributed by atoms with Gasteiger partial charge in [-0.3, -0.25) is 25.2 Å². The third-order valence-corrected chi connectivity index (χ3v) is 4.43. The first-order chi connectivity index (χ1) is 13.5. The molecule has 0 aliphatic heterocycles. The van der Waals surface area contributed by atoms with Gasteiger partial charge in [0.15, 0.2) is 6.61 Å². The Morgan fingerprint density at radius 2 is 1.68 bits per heavy atom. The highest BCUT2D eigenvalue weighted by atomic mass is 32.2. The average Bonchev–Trinajstić information content (AvgIpc) is 2.72. The normalized spacial score (nSPS) is 10.1. The van der Waals surface area contributed by atoms with Crippen LogP contribution < -0.4 is 15.6 Å². The average molecular weight is 406 g/mol. The molecular formula is C19H19FN2O5S. The minimum Gasteiger partial charge on any atom is -0.497 e. The summed E-state index contributed by atoms with van der Waals surface area (Å²) in [7, 11) is 1.51. The van der Waals surface area contributed by atoms with Gasteiger partial charge in [-0.1, -0.05) is 0 Å². The molecule has 0 radical (unpaired) electrons. The second kappa shape index (κ2) is 10.9. The molecule has 28 heavy (non-hydrogen) atoms. The van der Waals surface area contributed by atoms with E-state index in [4.69, 9.17) is 9.47 Å². The summed E-state index contributed by atoms with van der Waals surface area (Å²) in [5.41, 5.74) is 4.72. The molecule has 2 aromatic carbocycles. The number of methoxy groups -OCH3 is 1. The van der Waals surface area contributed by atoms with Crippen molar-refractivity contribution in [3.8, 4) is 5.75 Å². The maximum Gasteiger partial charge on any atom is 0.307 e. The van der Waals surface area contributed by atoms with E-state index in [1.165, 1.54) is 31.0 Å². The summed E-state index contributed by atoms with van der Waals surface area (Å²) in [6.07, 6.45) is 0.0908. The Kier molecular flexibility index (Phi) is 8.29. The van der Waals surface area contributed by atoms with Gasteiger partial charge in [0.05, 0.1) is 13.5 Å². The molecular weight excluding hydrogens is 387 g/mol. The lowest BCUT2D eigenvalue weighted by Crippen LogP contribution is -2.43. The van der Waals surface area contributed by atoms with Crippen LogP contribution in [-0.4, -0.2) is 37.3 Å². The molecule has 2 N–H and O–H groups in total. The van der Waals surface area contributed by atoms with E-state index < -0.39 is 24.4 Å². The molecule has 7 nitrogen and oxygen atoms in total. The predicted octanol–water partition coefficient (Wildman–Crippen LogP) is 2.32. The van der Waals surface area contributed by atoms with E-state index in [-0.39, 0.29) is 12.2 Å². The van der Waals surface area contributed by atoms with Crippen molar-refractivity contribution in [3.63, 3.8) is 0 Å². The summed E-state index contributed by atoms with van der Waals surface area (Å²) < 4.78 is 22.6. The molecule has 0 heterocycles. The number of benzene rings is 2. The Morgan fingerprint density at radius 3 is 2.32 bits per heavy atom. The zero-order valence-corrected chi connectivity index (χ0v) is 15.9. The van der Waals surface area contributed by atoms with Crippen molar-refractivity contribution >= 4 is 29.5 Å². The van der Waals surface area contributed by atoms with Crippen LogP contribution >= 0.6 is 11.8 Å². The molecule has 2 aromatic rings. The van der Waals surface area contributed by atoms with Gasteiger partial charge in [0, 0.05) is 16.2 Å². The first-order valence-corrected chi connectivity index (χ1v) is 9.23. The van der Waals surface area contributed by atoms with Crippen LogP contribution in [0.1, 0.15) is 16.8 Å². The summed E-state index contributed by atoms with van der Waals surface area (Å²) in [6, 6.07) is 12.2. The van der Waals surface area contributed by atoms with Crippen molar-refractivity contribution in [1.29, 1.82) is 0 Å². The van der Waals surface area contributed by atoms with E-state index in [9.17, 15) is 18.8 Å². The number of esters is 1. The van der Waals surface area contributed by atoms with Gasteiger partial charge < -0.3 is 9.47 Å². The van der Waals surface area contributed by atoms with Gasteiger partial charge in [0.2, 0.25) is 0 Å². The molecule has 0 unspecified atom stereocenters. The van der Waals surface area contributed by atoms with Crippen molar-refractivity contribution in [3.05, 3.63) is 59.9 Å². The number of thioether (sulfide) groups is 1. The van der Waals surface area contributed by atoms with E-state index in [2.05, 4.69) is 10.9 Å². The van der Waals surface area contributed by atoms with Crippen LogP contribution in [0.3, 0.4) is 0 Å². The fourth-order valence-electron chi connectivity index (χ4n) is 1.98. The Labute approximate surface area is 165 Å². The van der Waals surface area contributed by atoms with Crippen molar-refractivity contribution in [2.45, 2.75) is 11.3 Å². The fraction of sp³-hybridized carbons (Fsp3) is 0.211. The standard InChI is InChI=1S/C19H19FN2O5S/c1-26-15-6-2-13(3-7-15)19(25)22-21-17(23)12-27-18(24)10-11-28-16-8-4-14(20)5-9-16/h2-9H,10-12H2,1H3,(H,21,23)(H,22,25). The van der Waals surface area contributed by atoms with Crippen molar-refractivity contribution in [1.82, 2.24) is 10.9 Å². The lowest BCUT2D eigenvalue weighted by molar-refractivity contribution is -0.148. The largest absolute Gasteiger partial charge is 0.497 e. The van der Waals surface area contributed by atoms with E-state index >= 15 is 0 Å². The van der Waals surface area contributed by atoms with Crippen LogP contribution in [0, 0.1) is 5.82 Å². The molecule has 2 amide bonds. The minimum absolute atomic E-state index is 0.0908. The van der Waals surface area contributed by atoms with Gasteiger partial charge in [0.25, 0.3) is 11.8 Å². The topological polar surface area (TPSA) is 93.7 Å². The number of carbonyl (C=O) groups excluding carboxylic acids is 3. The quantitative estimate of drug-likeness (QED) is 0.397. The minimum atomic E-state index is -0.665. The Bertz CT molecular complexity index is 812. The zero-order chi connectivity index (χ0) is 20.4. The van der Waals surface area contributed by atoms with Crippen LogP contribution in [0.4, 0.5) is 4.39 Å². The number of halogens is 1. The number of nitrogens with one attached hydrogen (secondary N) is 2. The Morgan fingerprint density at radius 1 is 1.00 bits per heavy atom. The first kappa shape index (κ1) is 21.2. The van der Waals surface area contributed by atoms with Gasteiger partial charge in [-0.05, 0) is 48.5 Å². The molecule has 148 valence electrons.